The van der Waals surface area contributed by atoms with Crippen LogP contribution in [0.2, 0.25) is 0 Å². The van der Waals surface area contributed by atoms with E-state index in [0.717, 1.165) is 45.0 Å². The molecule has 0 bridgehead atoms. The Morgan fingerprint density at radius 2 is 2.05 bits per heavy atom. The van der Waals surface area contributed by atoms with E-state index in [0.29, 0.717) is 6.10 Å². The van der Waals surface area contributed by atoms with Crippen LogP contribution in [0.5, 0.6) is 0 Å². The molecule has 1 aliphatic carbocycles. The molecular formula is C17H33N3O2. The highest BCUT2D eigenvalue weighted by Crippen LogP contribution is 2.39. The van der Waals surface area contributed by atoms with Crippen molar-refractivity contribution in [2.45, 2.75) is 64.4 Å². The third-order valence-corrected chi connectivity index (χ3v) is 4.99. The molecule has 5 nitrogen and oxygen atoms in total. The molecule has 0 radical (unpaired) electrons. The zero-order chi connectivity index (χ0) is 15.7. The number of rotatable bonds is 7. The number of hydrogen-bond donors (Lipinski definition) is 3. The van der Waals surface area contributed by atoms with Crippen molar-refractivity contribution in [3.8, 4) is 0 Å². The molecule has 5 heteroatoms. The summed E-state index contributed by atoms with van der Waals surface area (Å²) in [5, 5.41) is 16.1. The first-order valence-electron chi connectivity index (χ1n) is 9.03. The fourth-order valence-corrected chi connectivity index (χ4v) is 3.63. The predicted octanol–water partition coefficient (Wildman–Crippen LogP) is 2.05. The van der Waals surface area contributed by atoms with Crippen molar-refractivity contribution in [3.63, 3.8) is 0 Å². The van der Waals surface area contributed by atoms with Crippen molar-refractivity contribution in [1.82, 2.24) is 10.6 Å². The van der Waals surface area contributed by atoms with Crippen LogP contribution >= 0.6 is 0 Å². The fourth-order valence-electron chi connectivity index (χ4n) is 3.63. The zero-order valence-electron chi connectivity index (χ0n) is 14.1. The average molecular weight is 311 g/mol. The van der Waals surface area contributed by atoms with Gasteiger partial charge in [0.2, 0.25) is 0 Å². The molecule has 0 spiro atoms. The van der Waals surface area contributed by atoms with Crippen LogP contribution in [0.1, 0.15) is 58.3 Å². The molecule has 0 aromatic rings. The van der Waals surface area contributed by atoms with Gasteiger partial charge in [0.05, 0.1) is 6.10 Å². The lowest BCUT2D eigenvalue weighted by atomic mass is 9.72. The summed E-state index contributed by atoms with van der Waals surface area (Å²) in [5.74, 6) is 0.890. The molecule has 0 aromatic carbocycles. The second-order valence-corrected chi connectivity index (χ2v) is 6.75. The predicted molar refractivity (Wildman–Crippen MR) is 90.2 cm³/mol. The first-order chi connectivity index (χ1) is 10.8. The van der Waals surface area contributed by atoms with Crippen LogP contribution in [-0.2, 0) is 4.74 Å². The minimum Gasteiger partial charge on any atom is -0.396 e. The highest BCUT2D eigenvalue weighted by atomic mass is 16.5. The minimum absolute atomic E-state index is 0.208. The minimum atomic E-state index is 0.208. The van der Waals surface area contributed by atoms with Crippen LogP contribution in [0.15, 0.2) is 4.99 Å². The molecule has 1 heterocycles. The number of guanidine groups is 1. The molecule has 1 aliphatic heterocycles. The van der Waals surface area contributed by atoms with Gasteiger partial charge in [-0.2, -0.15) is 0 Å². The molecule has 2 rings (SSSR count). The van der Waals surface area contributed by atoms with Crippen LogP contribution in [0.25, 0.3) is 0 Å². The van der Waals surface area contributed by atoms with E-state index in [4.69, 9.17) is 9.73 Å². The Hall–Kier alpha value is -0.810. The van der Waals surface area contributed by atoms with Gasteiger partial charge in [-0.25, -0.2) is 0 Å². The monoisotopic (exact) mass is 311 g/mol. The van der Waals surface area contributed by atoms with Gasteiger partial charge in [-0.05, 0) is 44.4 Å². The summed E-state index contributed by atoms with van der Waals surface area (Å²) in [5.41, 5.74) is 0.208. The molecule has 0 amide bonds. The molecule has 0 aromatic heterocycles. The first-order valence-corrected chi connectivity index (χ1v) is 9.03. The third-order valence-electron chi connectivity index (χ3n) is 4.99. The molecule has 3 N–H and O–H groups in total. The topological polar surface area (TPSA) is 65.9 Å². The lowest BCUT2D eigenvalue weighted by Crippen LogP contribution is -2.42. The van der Waals surface area contributed by atoms with E-state index in [-0.39, 0.29) is 12.0 Å². The molecule has 2 fully saturated rings. The van der Waals surface area contributed by atoms with E-state index in [1.54, 1.807) is 0 Å². The highest BCUT2D eigenvalue weighted by Gasteiger charge is 2.31. The summed E-state index contributed by atoms with van der Waals surface area (Å²) in [6.45, 7) is 5.76. The van der Waals surface area contributed by atoms with Crippen molar-refractivity contribution >= 4 is 5.96 Å². The molecule has 1 saturated heterocycles. The van der Waals surface area contributed by atoms with Gasteiger partial charge in [-0.3, -0.25) is 4.99 Å². The number of ether oxygens (including phenoxy) is 1. The van der Waals surface area contributed by atoms with Crippen molar-refractivity contribution in [3.05, 3.63) is 0 Å². The van der Waals surface area contributed by atoms with Gasteiger partial charge in [0.1, 0.15) is 0 Å². The second-order valence-electron chi connectivity index (χ2n) is 6.75. The Morgan fingerprint density at radius 3 is 2.68 bits per heavy atom. The Labute approximate surface area is 134 Å². The summed E-state index contributed by atoms with van der Waals surface area (Å²) in [6.07, 6.45) is 9.77. The van der Waals surface area contributed by atoms with Gasteiger partial charge in [0.15, 0.2) is 5.96 Å². The van der Waals surface area contributed by atoms with Gasteiger partial charge in [0, 0.05) is 32.8 Å². The van der Waals surface area contributed by atoms with Gasteiger partial charge in [-0.1, -0.05) is 19.3 Å². The maximum absolute atomic E-state index is 9.40. The molecule has 1 saturated carbocycles. The van der Waals surface area contributed by atoms with E-state index in [1.165, 1.54) is 38.5 Å². The number of aliphatic hydroxyl groups excluding tert-OH is 1. The van der Waals surface area contributed by atoms with Crippen LogP contribution in [-0.4, -0.2) is 50.0 Å². The van der Waals surface area contributed by atoms with E-state index >= 15 is 0 Å². The van der Waals surface area contributed by atoms with Crippen LogP contribution in [0, 0.1) is 5.41 Å². The molecular weight excluding hydrogens is 278 g/mol. The van der Waals surface area contributed by atoms with Crippen molar-refractivity contribution in [2.24, 2.45) is 10.4 Å². The summed E-state index contributed by atoms with van der Waals surface area (Å²) >= 11 is 0. The Kier molecular flexibility index (Phi) is 7.46. The number of aliphatic hydroxyl groups is 1. The standard InChI is InChI=1S/C17H33N3O2/c1-2-18-16(19-13-15-7-6-12-22-15)20-14-17(10-11-21)8-4-3-5-9-17/h15,21H,2-14H2,1H3,(H2,18,19,20). The largest absolute Gasteiger partial charge is 0.396 e. The number of aliphatic imine (C=N–C) groups is 1. The number of nitrogens with zero attached hydrogens (tertiary/aromatic N) is 1. The Bertz CT molecular complexity index is 329. The normalized spacial score (nSPS) is 25.2. The Balaban J connectivity index is 1.88. The molecule has 22 heavy (non-hydrogen) atoms. The molecule has 128 valence electrons. The van der Waals surface area contributed by atoms with Crippen LogP contribution in [0.4, 0.5) is 0 Å². The summed E-state index contributed by atoms with van der Waals surface area (Å²) < 4.78 is 5.66. The quantitative estimate of drug-likeness (QED) is 0.497. The van der Waals surface area contributed by atoms with E-state index in [9.17, 15) is 5.11 Å². The summed E-state index contributed by atoms with van der Waals surface area (Å²) in [7, 11) is 0. The number of hydrogen-bond acceptors (Lipinski definition) is 3. The van der Waals surface area contributed by atoms with Gasteiger partial charge in [-0.15, -0.1) is 0 Å². The smallest absolute Gasteiger partial charge is 0.191 e. The molecule has 2 aliphatic rings. The lowest BCUT2D eigenvalue weighted by molar-refractivity contribution is 0.113. The van der Waals surface area contributed by atoms with Crippen LogP contribution in [0.3, 0.4) is 0 Å². The second kappa shape index (κ2) is 9.36. The molecule has 1 unspecified atom stereocenters. The van der Waals surface area contributed by atoms with Crippen molar-refractivity contribution in [1.29, 1.82) is 0 Å². The third kappa shape index (κ3) is 5.43. The van der Waals surface area contributed by atoms with Gasteiger partial charge < -0.3 is 20.5 Å². The number of nitrogens with one attached hydrogen (secondary N) is 2. The SMILES string of the molecule is CCNC(=NCC1(CCO)CCCCC1)NCC1CCCO1. The summed E-state index contributed by atoms with van der Waals surface area (Å²) in [6, 6.07) is 0. The first kappa shape index (κ1) is 17.5. The van der Waals surface area contributed by atoms with Gasteiger partial charge in [0.25, 0.3) is 0 Å². The van der Waals surface area contributed by atoms with Crippen molar-refractivity contribution < 1.29 is 9.84 Å². The van der Waals surface area contributed by atoms with E-state index < -0.39 is 0 Å². The maximum atomic E-state index is 9.40. The van der Waals surface area contributed by atoms with Crippen molar-refractivity contribution in [2.75, 3.05) is 32.8 Å². The fraction of sp³-hybridized carbons (Fsp3) is 0.941. The lowest BCUT2D eigenvalue weighted by Gasteiger charge is -2.35. The average Bonchev–Trinajstić information content (AvgIpc) is 3.05. The van der Waals surface area contributed by atoms with E-state index in [1.807, 2.05) is 0 Å². The van der Waals surface area contributed by atoms with Gasteiger partial charge >= 0.3 is 0 Å². The zero-order valence-corrected chi connectivity index (χ0v) is 14.1. The van der Waals surface area contributed by atoms with E-state index in [2.05, 4.69) is 17.6 Å². The Morgan fingerprint density at radius 1 is 1.23 bits per heavy atom. The maximum Gasteiger partial charge on any atom is 0.191 e. The summed E-state index contributed by atoms with van der Waals surface area (Å²) in [4.78, 5) is 4.82. The van der Waals surface area contributed by atoms with Crippen LogP contribution < -0.4 is 10.6 Å². The molecule has 1 atom stereocenters. The highest BCUT2D eigenvalue weighted by molar-refractivity contribution is 5.79.